The molecule has 0 aliphatic rings. The molecular weight excluding hydrogens is 400 g/mol. The van der Waals surface area contributed by atoms with Crippen molar-refractivity contribution in [1.82, 2.24) is 14.6 Å². The molecule has 0 atom stereocenters. The molecule has 4 rings (SSSR count). The highest BCUT2D eigenvalue weighted by molar-refractivity contribution is 7.12. The highest BCUT2D eigenvalue weighted by Crippen LogP contribution is 2.28. The van der Waals surface area contributed by atoms with Gasteiger partial charge in [-0.3, -0.25) is 10.1 Å². The van der Waals surface area contributed by atoms with E-state index in [2.05, 4.69) is 22.0 Å². The van der Waals surface area contributed by atoms with Crippen LogP contribution in [0.1, 0.15) is 20.8 Å². The van der Waals surface area contributed by atoms with Crippen molar-refractivity contribution in [1.29, 1.82) is 0 Å². The van der Waals surface area contributed by atoms with Crippen molar-refractivity contribution in [2.45, 2.75) is 6.92 Å². The van der Waals surface area contributed by atoms with Crippen LogP contribution in [0.25, 0.3) is 16.9 Å². The number of aryl methyl sites for hydroxylation is 1. The zero-order chi connectivity index (χ0) is 21.1. The minimum absolute atomic E-state index is 0.109. The third kappa shape index (κ3) is 3.72. The van der Waals surface area contributed by atoms with E-state index in [-0.39, 0.29) is 12.4 Å². The van der Waals surface area contributed by atoms with E-state index in [1.807, 2.05) is 36.6 Å². The van der Waals surface area contributed by atoms with E-state index < -0.39 is 6.09 Å². The van der Waals surface area contributed by atoms with Gasteiger partial charge in [-0.2, -0.15) is 5.10 Å². The number of rotatable bonds is 6. The maximum absolute atomic E-state index is 12.8. The first-order valence-corrected chi connectivity index (χ1v) is 10.0. The number of benzene rings is 1. The molecule has 30 heavy (non-hydrogen) atoms. The zero-order valence-electron chi connectivity index (χ0n) is 16.2. The Morgan fingerprint density at radius 1 is 1.27 bits per heavy atom. The molecule has 0 spiro atoms. The summed E-state index contributed by atoms with van der Waals surface area (Å²) in [4.78, 5) is 29.8. The number of anilines is 1. The fraction of sp³-hybridized carbons (Fsp3) is 0.0909. The van der Waals surface area contributed by atoms with Gasteiger partial charge in [-0.1, -0.05) is 30.9 Å². The Morgan fingerprint density at radius 3 is 2.90 bits per heavy atom. The van der Waals surface area contributed by atoms with Crippen LogP contribution in [0.15, 0.2) is 66.8 Å². The minimum Gasteiger partial charge on any atom is -0.445 e. The van der Waals surface area contributed by atoms with Gasteiger partial charge in [0.15, 0.2) is 5.65 Å². The van der Waals surface area contributed by atoms with E-state index in [1.165, 1.54) is 17.4 Å². The summed E-state index contributed by atoms with van der Waals surface area (Å²) in [5, 5.41) is 8.98. The van der Waals surface area contributed by atoms with Gasteiger partial charge in [0, 0.05) is 17.4 Å². The van der Waals surface area contributed by atoms with Crippen molar-refractivity contribution < 1.29 is 14.3 Å². The molecule has 0 saturated carbocycles. The van der Waals surface area contributed by atoms with Crippen LogP contribution < -0.4 is 5.32 Å². The number of ether oxygens (including phenoxy) is 1. The third-order valence-electron chi connectivity index (χ3n) is 4.41. The molecule has 150 valence electrons. The molecule has 0 aliphatic carbocycles. The molecule has 0 unspecified atom stereocenters. The van der Waals surface area contributed by atoms with Gasteiger partial charge >= 0.3 is 6.09 Å². The second-order valence-corrected chi connectivity index (χ2v) is 7.43. The van der Waals surface area contributed by atoms with Crippen LogP contribution in [0.4, 0.5) is 10.5 Å². The summed E-state index contributed by atoms with van der Waals surface area (Å²) >= 11 is 1.38. The minimum atomic E-state index is -0.563. The average Bonchev–Trinajstić information content (AvgIpc) is 3.42. The number of hydrogen-bond acceptors (Lipinski definition) is 6. The lowest BCUT2D eigenvalue weighted by atomic mass is 10.1. The van der Waals surface area contributed by atoms with Crippen LogP contribution in [0.3, 0.4) is 0 Å². The van der Waals surface area contributed by atoms with E-state index in [4.69, 9.17) is 4.74 Å². The van der Waals surface area contributed by atoms with Crippen molar-refractivity contribution in [2.24, 2.45) is 0 Å². The molecule has 3 aromatic heterocycles. The summed E-state index contributed by atoms with van der Waals surface area (Å²) in [7, 11) is 0. The van der Waals surface area contributed by atoms with Crippen LogP contribution in [-0.4, -0.2) is 33.1 Å². The number of hydrogen-bond donors (Lipinski definition) is 1. The van der Waals surface area contributed by atoms with Gasteiger partial charge < -0.3 is 4.74 Å². The van der Waals surface area contributed by atoms with E-state index in [0.717, 1.165) is 16.8 Å². The normalized spacial score (nSPS) is 10.7. The number of ketones is 1. The summed E-state index contributed by atoms with van der Waals surface area (Å²) in [6.07, 6.45) is 4.20. The largest absolute Gasteiger partial charge is 0.445 e. The van der Waals surface area contributed by atoms with Crippen LogP contribution in [0.5, 0.6) is 0 Å². The number of nitrogens with zero attached hydrogens (tertiary/aromatic N) is 3. The third-order valence-corrected chi connectivity index (χ3v) is 5.28. The van der Waals surface area contributed by atoms with Crippen molar-refractivity contribution in [3.8, 4) is 11.3 Å². The first-order chi connectivity index (χ1) is 14.6. The Labute approximate surface area is 176 Å². The van der Waals surface area contributed by atoms with Crippen LogP contribution in [0, 0.1) is 6.92 Å². The lowest BCUT2D eigenvalue weighted by Crippen LogP contribution is -2.13. The average molecular weight is 418 g/mol. The fourth-order valence-corrected chi connectivity index (χ4v) is 3.78. The van der Waals surface area contributed by atoms with E-state index in [9.17, 15) is 9.59 Å². The predicted octanol–water partition coefficient (Wildman–Crippen LogP) is 4.73. The van der Waals surface area contributed by atoms with Gasteiger partial charge in [-0.15, -0.1) is 11.3 Å². The predicted molar refractivity (Wildman–Crippen MR) is 116 cm³/mol. The Kier molecular flexibility index (Phi) is 5.40. The Hall–Kier alpha value is -3.78. The molecule has 3 heterocycles. The van der Waals surface area contributed by atoms with Crippen LogP contribution in [-0.2, 0) is 4.74 Å². The van der Waals surface area contributed by atoms with Gasteiger partial charge in [0.1, 0.15) is 6.61 Å². The number of fused-ring (bicyclic) bond motifs is 1. The second-order valence-electron chi connectivity index (χ2n) is 6.48. The zero-order valence-corrected chi connectivity index (χ0v) is 17.0. The van der Waals surface area contributed by atoms with Gasteiger partial charge in [-0.05, 0) is 36.1 Å². The molecule has 0 radical (unpaired) electrons. The molecule has 1 amide bonds. The highest BCUT2D eigenvalue weighted by Gasteiger charge is 2.20. The Morgan fingerprint density at radius 2 is 2.13 bits per heavy atom. The Bertz CT molecular complexity index is 1240. The van der Waals surface area contributed by atoms with Crippen molar-refractivity contribution in [2.75, 3.05) is 11.9 Å². The van der Waals surface area contributed by atoms with Crippen LogP contribution in [0.2, 0.25) is 0 Å². The van der Waals surface area contributed by atoms with Gasteiger partial charge in [0.05, 0.1) is 22.3 Å². The summed E-state index contributed by atoms with van der Waals surface area (Å²) in [6, 6.07) is 10.9. The van der Waals surface area contributed by atoms with Gasteiger partial charge in [0.25, 0.3) is 0 Å². The molecule has 0 saturated heterocycles. The quantitative estimate of drug-likeness (QED) is 0.361. The maximum atomic E-state index is 12.8. The molecule has 1 N–H and O–H groups in total. The number of aromatic nitrogens is 3. The summed E-state index contributed by atoms with van der Waals surface area (Å²) in [5.41, 5.74) is 3.99. The number of amides is 1. The van der Waals surface area contributed by atoms with Gasteiger partial charge in [-0.25, -0.2) is 14.3 Å². The molecule has 0 bridgehead atoms. The lowest BCUT2D eigenvalue weighted by molar-refractivity contribution is 0.104. The summed E-state index contributed by atoms with van der Waals surface area (Å²) in [6.45, 7) is 5.57. The standard InChI is InChI=1S/C22H18N4O3S/c1-3-9-29-22(28)25-16-7-4-6-15(11-16)19-14(2)12-23-21-17(13-24-26(19)21)20(27)18-8-5-10-30-18/h3-8,10-13H,1,9H2,2H3,(H,25,28). The molecule has 0 aliphatic heterocycles. The molecule has 4 aromatic rings. The first kappa shape index (κ1) is 19.5. The van der Waals surface area contributed by atoms with E-state index in [1.54, 1.807) is 29.0 Å². The maximum Gasteiger partial charge on any atom is 0.411 e. The highest BCUT2D eigenvalue weighted by atomic mass is 32.1. The Balaban J connectivity index is 1.73. The fourth-order valence-electron chi connectivity index (χ4n) is 3.10. The number of nitrogens with one attached hydrogen (secondary N) is 1. The lowest BCUT2D eigenvalue weighted by Gasteiger charge is -2.11. The topological polar surface area (TPSA) is 85.6 Å². The van der Waals surface area contributed by atoms with E-state index >= 15 is 0 Å². The molecule has 0 fully saturated rings. The SMILES string of the molecule is C=CCOC(=O)Nc1cccc(-c2c(C)cnc3c(C(=O)c4cccs4)cnn23)c1. The molecule has 1 aromatic carbocycles. The first-order valence-electron chi connectivity index (χ1n) is 9.15. The van der Waals surface area contributed by atoms with Crippen LogP contribution >= 0.6 is 11.3 Å². The number of thiophene rings is 1. The number of carbonyl (C=O) groups excluding carboxylic acids is 2. The van der Waals surface area contributed by atoms with Crippen molar-refractivity contribution in [3.63, 3.8) is 0 Å². The second kappa shape index (κ2) is 8.30. The smallest absolute Gasteiger partial charge is 0.411 e. The summed E-state index contributed by atoms with van der Waals surface area (Å²) < 4.78 is 6.63. The molecule has 7 nitrogen and oxygen atoms in total. The molecule has 8 heteroatoms. The number of carbonyl (C=O) groups is 2. The van der Waals surface area contributed by atoms with Gasteiger partial charge in [0.2, 0.25) is 5.78 Å². The van der Waals surface area contributed by atoms with E-state index in [0.29, 0.717) is 21.8 Å². The monoisotopic (exact) mass is 418 g/mol. The summed E-state index contributed by atoms with van der Waals surface area (Å²) in [5.74, 6) is -0.109. The van der Waals surface area contributed by atoms with Crippen molar-refractivity contribution in [3.05, 3.63) is 82.8 Å². The van der Waals surface area contributed by atoms with Crippen molar-refractivity contribution >= 4 is 34.5 Å². The molecular formula is C22H18N4O3S.